The fraction of sp³-hybridized carbons (Fsp3) is 0.182. The topological polar surface area (TPSA) is 24.1 Å². The molecule has 2 aromatic rings. The van der Waals surface area contributed by atoms with Crippen LogP contribution in [-0.4, -0.2) is 5.11 Å². The highest BCUT2D eigenvalue weighted by molar-refractivity contribution is 7.10. The van der Waals surface area contributed by atoms with Crippen LogP contribution in [-0.2, 0) is 6.54 Å². The van der Waals surface area contributed by atoms with Crippen molar-refractivity contribution < 1.29 is 9.67 Å². The molecule has 0 aliphatic rings. The van der Waals surface area contributed by atoms with Gasteiger partial charge in [0.25, 0.3) is 0 Å². The number of pyridine rings is 1. The molecule has 1 atom stereocenters. The van der Waals surface area contributed by atoms with Gasteiger partial charge in [-0.2, -0.15) is 0 Å². The molecule has 0 amide bonds. The maximum absolute atomic E-state index is 9.85. The summed E-state index contributed by atoms with van der Waals surface area (Å²) in [5.41, 5.74) is 0. The number of thiophene rings is 1. The monoisotopic (exact) mass is 206 g/mol. The lowest BCUT2D eigenvalue weighted by Gasteiger charge is -2.03. The van der Waals surface area contributed by atoms with E-state index in [9.17, 15) is 5.11 Å². The van der Waals surface area contributed by atoms with Crippen molar-refractivity contribution in [2.45, 2.75) is 12.6 Å². The standard InChI is InChI=1S/C11H12NOS/c13-10(11-5-4-8-14-11)9-12-6-2-1-3-7-12/h1-8,10,13H,9H2/q+1/t10-/m0/s1. The van der Waals surface area contributed by atoms with E-state index in [-0.39, 0.29) is 0 Å². The number of hydrogen-bond acceptors (Lipinski definition) is 2. The first-order chi connectivity index (χ1) is 6.86. The Kier molecular flexibility index (Phi) is 2.91. The zero-order chi connectivity index (χ0) is 9.80. The van der Waals surface area contributed by atoms with Crippen LogP contribution < -0.4 is 4.57 Å². The normalized spacial score (nSPS) is 12.6. The zero-order valence-electron chi connectivity index (χ0n) is 7.71. The Morgan fingerprint density at radius 1 is 1.21 bits per heavy atom. The van der Waals surface area contributed by atoms with Gasteiger partial charge in [-0.3, -0.25) is 0 Å². The van der Waals surface area contributed by atoms with Crippen molar-refractivity contribution in [3.05, 3.63) is 53.0 Å². The van der Waals surface area contributed by atoms with E-state index >= 15 is 0 Å². The molecule has 0 bridgehead atoms. The molecule has 0 aromatic carbocycles. The SMILES string of the molecule is O[C@@H](C[n+]1ccccc1)c1cccs1. The highest BCUT2D eigenvalue weighted by atomic mass is 32.1. The van der Waals surface area contributed by atoms with Crippen molar-refractivity contribution in [2.24, 2.45) is 0 Å². The highest BCUT2D eigenvalue weighted by Crippen LogP contribution is 2.18. The molecule has 2 heterocycles. The van der Waals surface area contributed by atoms with Crippen LogP contribution in [0.5, 0.6) is 0 Å². The van der Waals surface area contributed by atoms with Gasteiger partial charge in [0.05, 0.1) is 0 Å². The van der Waals surface area contributed by atoms with Gasteiger partial charge in [-0.1, -0.05) is 12.1 Å². The van der Waals surface area contributed by atoms with Crippen molar-refractivity contribution in [1.82, 2.24) is 0 Å². The lowest BCUT2D eigenvalue weighted by molar-refractivity contribution is -0.704. The third-order valence-corrected chi connectivity index (χ3v) is 3.01. The quantitative estimate of drug-likeness (QED) is 0.760. The van der Waals surface area contributed by atoms with Gasteiger partial charge in [0.15, 0.2) is 18.9 Å². The number of hydrogen-bond donors (Lipinski definition) is 1. The molecule has 14 heavy (non-hydrogen) atoms. The second-order valence-corrected chi connectivity index (χ2v) is 4.08. The third kappa shape index (κ3) is 2.19. The van der Waals surface area contributed by atoms with Crippen LogP contribution in [0, 0.1) is 0 Å². The van der Waals surface area contributed by atoms with E-state index in [2.05, 4.69) is 0 Å². The summed E-state index contributed by atoms with van der Waals surface area (Å²) in [6.45, 7) is 0.612. The van der Waals surface area contributed by atoms with Gasteiger partial charge in [0, 0.05) is 17.0 Å². The van der Waals surface area contributed by atoms with Gasteiger partial charge in [-0.15, -0.1) is 11.3 Å². The van der Waals surface area contributed by atoms with Crippen LogP contribution in [0.2, 0.25) is 0 Å². The maximum Gasteiger partial charge on any atom is 0.179 e. The molecular formula is C11H12NOS+. The zero-order valence-corrected chi connectivity index (χ0v) is 8.52. The molecule has 0 radical (unpaired) electrons. The fourth-order valence-electron chi connectivity index (χ4n) is 1.33. The van der Waals surface area contributed by atoms with Gasteiger partial charge < -0.3 is 5.11 Å². The molecule has 2 rings (SSSR count). The molecule has 0 aliphatic carbocycles. The van der Waals surface area contributed by atoms with E-state index in [1.165, 1.54) is 0 Å². The Morgan fingerprint density at radius 2 is 2.00 bits per heavy atom. The molecule has 0 unspecified atom stereocenters. The maximum atomic E-state index is 9.85. The minimum absolute atomic E-state index is 0.401. The number of nitrogens with zero attached hydrogens (tertiary/aromatic N) is 1. The van der Waals surface area contributed by atoms with Crippen molar-refractivity contribution in [3.8, 4) is 0 Å². The van der Waals surface area contributed by atoms with Gasteiger partial charge in [0.1, 0.15) is 6.10 Å². The first-order valence-electron chi connectivity index (χ1n) is 4.52. The molecule has 2 aromatic heterocycles. The van der Waals surface area contributed by atoms with Crippen LogP contribution in [0.1, 0.15) is 11.0 Å². The molecule has 0 aliphatic heterocycles. The second-order valence-electron chi connectivity index (χ2n) is 3.10. The van der Waals surface area contributed by atoms with Crippen LogP contribution in [0.25, 0.3) is 0 Å². The summed E-state index contributed by atoms with van der Waals surface area (Å²) in [6.07, 6.45) is 3.51. The number of aliphatic hydroxyl groups excluding tert-OH is 1. The number of aliphatic hydroxyl groups is 1. The van der Waals surface area contributed by atoms with E-state index in [0.717, 1.165) is 4.88 Å². The van der Waals surface area contributed by atoms with Crippen molar-refractivity contribution >= 4 is 11.3 Å². The molecule has 0 spiro atoms. The van der Waals surface area contributed by atoms with Crippen molar-refractivity contribution in [3.63, 3.8) is 0 Å². The van der Waals surface area contributed by atoms with E-state index in [4.69, 9.17) is 0 Å². The Labute approximate surface area is 87.1 Å². The van der Waals surface area contributed by atoms with Crippen LogP contribution in [0.4, 0.5) is 0 Å². The predicted molar refractivity (Wildman–Crippen MR) is 55.9 cm³/mol. The molecule has 0 fully saturated rings. The lowest BCUT2D eigenvalue weighted by Crippen LogP contribution is -2.35. The van der Waals surface area contributed by atoms with Crippen LogP contribution in [0.3, 0.4) is 0 Å². The van der Waals surface area contributed by atoms with Crippen LogP contribution >= 0.6 is 11.3 Å². The highest BCUT2D eigenvalue weighted by Gasteiger charge is 2.13. The third-order valence-electron chi connectivity index (χ3n) is 2.03. The Balaban J connectivity index is 2.06. The average Bonchev–Trinajstić information content (AvgIpc) is 2.72. The average molecular weight is 206 g/mol. The summed E-state index contributed by atoms with van der Waals surface area (Å²) >= 11 is 1.59. The van der Waals surface area contributed by atoms with Crippen LogP contribution in [0.15, 0.2) is 48.1 Å². The molecular weight excluding hydrogens is 194 g/mol. The van der Waals surface area contributed by atoms with Gasteiger partial charge >= 0.3 is 0 Å². The summed E-state index contributed by atoms with van der Waals surface area (Å²) in [5.74, 6) is 0. The molecule has 3 heteroatoms. The summed E-state index contributed by atoms with van der Waals surface area (Å²) in [5, 5.41) is 11.8. The fourth-order valence-corrected chi connectivity index (χ4v) is 2.03. The second kappa shape index (κ2) is 4.35. The molecule has 0 saturated carbocycles. The smallest absolute Gasteiger partial charge is 0.179 e. The van der Waals surface area contributed by atoms with E-state index in [1.807, 2.05) is 52.7 Å². The van der Waals surface area contributed by atoms with Crippen molar-refractivity contribution in [1.29, 1.82) is 0 Å². The van der Waals surface area contributed by atoms with Crippen molar-refractivity contribution in [2.75, 3.05) is 0 Å². The predicted octanol–water partition coefficient (Wildman–Crippen LogP) is 1.77. The van der Waals surface area contributed by atoms with Gasteiger partial charge in [-0.05, 0) is 11.4 Å². The minimum atomic E-state index is -0.401. The van der Waals surface area contributed by atoms with Gasteiger partial charge in [0.2, 0.25) is 0 Å². The summed E-state index contributed by atoms with van der Waals surface area (Å²) < 4.78 is 1.98. The summed E-state index contributed by atoms with van der Waals surface area (Å²) in [6, 6.07) is 9.80. The van der Waals surface area contributed by atoms with E-state index in [1.54, 1.807) is 11.3 Å². The largest absolute Gasteiger partial charge is 0.381 e. The summed E-state index contributed by atoms with van der Waals surface area (Å²) in [7, 11) is 0. The summed E-state index contributed by atoms with van der Waals surface area (Å²) in [4.78, 5) is 1.02. The first-order valence-corrected chi connectivity index (χ1v) is 5.40. The first kappa shape index (κ1) is 9.37. The lowest BCUT2D eigenvalue weighted by atomic mass is 10.3. The molecule has 1 N–H and O–H groups in total. The molecule has 72 valence electrons. The number of aromatic nitrogens is 1. The Hall–Kier alpha value is -1.19. The number of rotatable bonds is 3. The Morgan fingerprint density at radius 3 is 2.64 bits per heavy atom. The molecule has 2 nitrogen and oxygen atoms in total. The van der Waals surface area contributed by atoms with E-state index in [0.29, 0.717) is 6.54 Å². The van der Waals surface area contributed by atoms with Gasteiger partial charge in [-0.25, -0.2) is 4.57 Å². The molecule has 0 saturated heterocycles. The minimum Gasteiger partial charge on any atom is -0.381 e. The Bertz CT molecular complexity index is 371. The van der Waals surface area contributed by atoms with E-state index < -0.39 is 6.10 Å².